The van der Waals surface area contributed by atoms with Crippen LogP contribution >= 0.6 is 31.9 Å². The monoisotopic (exact) mass is 495 g/mol. The van der Waals surface area contributed by atoms with Gasteiger partial charge in [-0.2, -0.15) is 5.10 Å². The zero-order chi connectivity index (χ0) is 19.6. The second-order valence-corrected chi connectivity index (χ2v) is 7.72. The van der Waals surface area contributed by atoms with Gasteiger partial charge in [0.25, 0.3) is 0 Å². The number of anilines is 2. The summed E-state index contributed by atoms with van der Waals surface area (Å²) in [6, 6.07) is 1.52. The summed E-state index contributed by atoms with van der Waals surface area (Å²) in [4.78, 5) is 20.8. The van der Waals surface area contributed by atoms with Crippen molar-refractivity contribution in [2.45, 2.75) is 26.7 Å². The Balaban J connectivity index is 1.78. The van der Waals surface area contributed by atoms with E-state index in [4.69, 9.17) is 0 Å². The maximum Gasteiger partial charge on any atom is 0.337 e. The maximum atomic E-state index is 12.2. The quantitative estimate of drug-likeness (QED) is 0.457. The van der Waals surface area contributed by atoms with Gasteiger partial charge in [-0.3, -0.25) is 20.5 Å². The zero-order valence-electron chi connectivity index (χ0n) is 15.1. The third-order valence-electron chi connectivity index (χ3n) is 3.97. The van der Waals surface area contributed by atoms with Crippen LogP contribution in [-0.4, -0.2) is 25.8 Å². The van der Waals surface area contributed by atoms with Gasteiger partial charge in [0.1, 0.15) is 5.82 Å². The van der Waals surface area contributed by atoms with Crippen molar-refractivity contribution >= 4 is 60.4 Å². The van der Waals surface area contributed by atoms with Crippen molar-refractivity contribution in [3.8, 4) is 0 Å². The summed E-state index contributed by atoms with van der Waals surface area (Å²) in [6.45, 7) is 4.10. The normalized spacial score (nSPS) is 10.9. The van der Waals surface area contributed by atoms with Gasteiger partial charge in [-0.05, 0) is 56.8 Å². The highest BCUT2D eigenvalue weighted by molar-refractivity contribution is 9.11. The minimum Gasteiger partial charge on any atom is -0.304 e. The van der Waals surface area contributed by atoms with E-state index in [0.717, 1.165) is 35.1 Å². The number of carbonyl (C=O) groups excluding carboxylic acids is 1. The summed E-state index contributed by atoms with van der Waals surface area (Å²) >= 11 is 6.72. The van der Waals surface area contributed by atoms with E-state index in [1.807, 2.05) is 20.0 Å². The van der Waals surface area contributed by atoms with Crippen molar-refractivity contribution in [2.75, 3.05) is 10.7 Å². The average molecular weight is 497 g/mol. The van der Waals surface area contributed by atoms with Gasteiger partial charge in [0.2, 0.25) is 0 Å². The highest BCUT2D eigenvalue weighted by Crippen LogP contribution is 2.29. The van der Waals surface area contributed by atoms with E-state index >= 15 is 0 Å². The lowest BCUT2D eigenvalue weighted by atomic mass is 10.1. The topological polar surface area (TPSA) is 96.8 Å². The summed E-state index contributed by atoms with van der Waals surface area (Å²) in [5.41, 5.74) is 8.95. The molecule has 27 heavy (non-hydrogen) atoms. The molecule has 0 spiro atoms. The van der Waals surface area contributed by atoms with Crippen molar-refractivity contribution in [1.82, 2.24) is 25.2 Å². The van der Waals surface area contributed by atoms with E-state index in [1.165, 1.54) is 0 Å². The fourth-order valence-electron chi connectivity index (χ4n) is 2.86. The number of pyridine rings is 2. The van der Waals surface area contributed by atoms with Gasteiger partial charge in [-0.1, -0.05) is 13.3 Å². The largest absolute Gasteiger partial charge is 0.337 e. The molecule has 0 bridgehead atoms. The van der Waals surface area contributed by atoms with Crippen molar-refractivity contribution in [3.63, 3.8) is 0 Å². The standard InChI is InChI=1S/C17H19Br2N7O/c1-4-5-10-6-13(21-16-14(10)9(2)25-26(16)3)23-24-17(27)22-15-11(18)7-20-8-12(15)19/h6-8H,4-5H2,1-3H3,(H,21,23)(H2,20,22,24,27). The van der Waals surface area contributed by atoms with Gasteiger partial charge < -0.3 is 5.32 Å². The molecule has 0 aliphatic rings. The minimum atomic E-state index is -0.428. The van der Waals surface area contributed by atoms with Crippen LogP contribution in [-0.2, 0) is 13.5 Å². The molecule has 3 aromatic heterocycles. The Hall–Kier alpha value is -2.20. The van der Waals surface area contributed by atoms with E-state index in [-0.39, 0.29) is 0 Å². The third-order valence-corrected chi connectivity index (χ3v) is 5.17. The summed E-state index contributed by atoms with van der Waals surface area (Å²) in [6.07, 6.45) is 5.12. The fraction of sp³-hybridized carbons (Fsp3) is 0.294. The first-order valence-electron chi connectivity index (χ1n) is 8.36. The average Bonchev–Trinajstić information content (AvgIpc) is 2.91. The number of fused-ring (bicyclic) bond motifs is 1. The van der Waals surface area contributed by atoms with Gasteiger partial charge >= 0.3 is 6.03 Å². The van der Waals surface area contributed by atoms with Crippen molar-refractivity contribution < 1.29 is 4.79 Å². The molecule has 0 fully saturated rings. The van der Waals surface area contributed by atoms with E-state index < -0.39 is 6.03 Å². The zero-order valence-corrected chi connectivity index (χ0v) is 18.3. The number of halogens is 2. The lowest BCUT2D eigenvalue weighted by Gasteiger charge is -2.13. The van der Waals surface area contributed by atoms with Crippen LogP contribution in [0.15, 0.2) is 27.4 Å². The highest BCUT2D eigenvalue weighted by Gasteiger charge is 2.14. The van der Waals surface area contributed by atoms with E-state index in [0.29, 0.717) is 20.5 Å². The number of carbonyl (C=O) groups is 1. The predicted molar refractivity (Wildman–Crippen MR) is 113 cm³/mol. The molecule has 0 atom stereocenters. The van der Waals surface area contributed by atoms with Crippen LogP contribution in [0.5, 0.6) is 0 Å². The van der Waals surface area contributed by atoms with Crippen LogP contribution in [0.25, 0.3) is 11.0 Å². The Labute approximate surface area is 173 Å². The summed E-state index contributed by atoms with van der Waals surface area (Å²) in [5, 5.41) is 8.27. The Bertz CT molecular complexity index is 982. The number of nitrogens with one attached hydrogen (secondary N) is 3. The molecule has 0 saturated carbocycles. The van der Waals surface area contributed by atoms with Crippen LogP contribution < -0.4 is 16.2 Å². The molecule has 3 heterocycles. The summed E-state index contributed by atoms with van der Waals surface area (Å²) < 4.78 is 3.09. The van der Waals surface area contributed by atoms with Crippen molar-refractivity contribution in [1.29, 1.82) is 0 Å². The number of nitrogens with zero attached hydrogens (tertiary/aromatic N) is 4. The molecule has 8 nitrogen and oxygen atoms in total. The molecular formula is C17H19Br2N7O. The molecule has 2 amide bonds. The smallest absolute Gasteiger partial charge is 0.304 e. The number of aromatic nitrogens is 4. The first kappa shape index (κ1) is 19.6. The van der Waals surface area contributed by atoms with Crippen LogP contribution in [0, 0.1) is 6.92 Å². The van der Waals surface area contributed by atoms with Gasteiger partial charge in [0.15, 0.2) is 5.65 Å². The molecule has 3 rings (SSSR count). The molecule has 142 valence electrons. The second-order valence-electron chi connectivity index (χ2n) is 6.01. The molecular weight excluding hydrogens is 478 g/mol. The van der Waals surface area contributed by atoms with Crippen LogP contribution in [0.4, 0.5) is 16.3 Å². The van der Waals surface area contributed by atoms with E-state index in [1.54, 1.807) is 17.1 Å². The van der Waals surface area contributed by atoms with Crippen molar-refractivity contribution in [3.05, 3.63) is 38.7 Å². The summed E-state index contributed by atoms with van der Waals surface area (Å²) in [7, 11) is 1.86. The Morgan fingerprint density at radius 3 is 2.63 bits per heavy atom. The number of hydrogen-bond acceptors (Lipinski definition) is 5. The SMILES string of the molecule is CCCc1cc(NNC(=O)Nc2c(Br)cncc2Br)nc2c1c(C)nn2C. The lowest BCUT2D eigenvalue weighted by molar-refractivity contribution is 0.253. The van der Waals surface area contributed by atoms with Gasteiger partial charge in [-0.15, -0.1) is 0 Å². The van der Waals surface area contributed by atoms with E-state index in [9.17, 15) is 4.79 Å². The van der Waals surface area contributed by atoms with Crippen molar-refractivity contribution in [2.24, 2.45) is 7.05 Å². The number of hydrogen-bond donors (Lipinski definition) is 3. The van der Waals surface area contributed by atoms with Crippen LogP contribution in [0.2, 0.25) is 0 Å². The number of amides is 2. The lowest BCUT2D eigenvalue weighted by Crippen LogP contribution is -2.34. The van der Waals surface area contributed by atoms with Gasteiger partial charge in [0.05, 0.1) is 20.3 Å². The highest BCUT2D eigenvalue weighted by atomic mass is 79.9. The predicted octanol–water partition coefficient (Wildman–Crippen LogP) is 4.30. The summed E-state index contributed by atoms with van der Waals surface area (Å²) in [5.74, 6) is 0.553. The molecule has 0 aromatic carbocycles. The van der Waals surface area contributed by atoms with Gasteiger partial charge in [-0.25, -0.2) is 9.78 Å². The molecule has 0 aliphatic carbocycles. The van der Waals surface area contributed by atoms with Crippen LogP contribution in [0.1, 0.15) is 24.6 Å². The first-order chi connectivity index (χ1) is 12.9. The fourth-order valence-corrected chi connectivity index (χ4v) is 3.99. The van der Waals surface area contributed by atoms with E-state index in [2.05, 4.69) is 70.0 Å². The molecule has 0 unspecified atom stereocenters. The number of hydrazine groups is 1. The Kier molecular flexibility index (Phi) is 5.95. The van der Waals surface area contributed by atoms with Gasteiger partial charge in [0, 0.05) is 24.8 Å². The Morgan fingerprint density at radius 2 is 1.96 bits per heavy atom. The third kappa shape index (κ3) is 4.22. The minimum absolute atomic E-state index is 0.428. The molecule has 3 N–H and O–H groups in total. The molecule has 0 saturated heterocycles. The van der Waals surface area contributed by atoms with Crippen LogP contribution in [0.3, 0.4) is 0 Å². The molecule has 0 aliphatic heterocycles. The molecule has 0 radical (unpaired) electrons. The molecule has 3 aromatic rings. The Morgan fingerprint density at radius 1 is 1.26 bits per heavy atom. The molecule has 10 heteroatoms. The number of aryl methyl sites for hydroxylation is 3. The maximum absolute atomic E-state index is 12.2. The number of urea groups is 1. The number of rotatable bonds is 5. The second kappa shape index (κ2) is 8.22. The first-order valence-corrected chi connectivity index (χ1v) is 9.94.